The molecule has 12 heteroatoms. The molecular formula is C24H37N5O7. The summed E-state index contributed by atoms with van der Waals surface area (Å²) < 4.78 is 0. The van der Waals surface area contributed by atoms with Crippen LogP contribution < -0.4 is 27.4 Å². The second-order valence-corrected chi connectivity index (χ2v) is 8.79. The fourth-order valence-corrected chi connectivity index (χ4v) is 3.31. The van der Waals surface area contributed by atoms with E-state index in [1.54, 1.807) is 44.2 Å². The van der Waals surface area contributed by atoms with Crippen LogP contribution in [-0.2, 0) is 30.4 Å². The van der Waals surface area contributed by atoms with Crippen molar-refractivity contribution in [2.24, 2.45) is 17.4 Å². The maximum absolute atomic E-state index is 13.1. The number of carbonyl (C=O) groups excluding carboxylic acids is 4. The Morgan fingerprint density at radius 3 is 2.00 bits per heavy atom. The van der Waals surface area contributed by atoms with Crippen LogP contribution in [0.15, 0.2) is 30.3 Å². The van der Waals surface area contributed by atoms with E-state index < -0.39 is 65.8 Å². The number of nitrogens with one attached hydrogen (secondary N) is 3. The molecule has 9 N–H and O–H groups in total. The van der Waals surface area contributed by atoms with Gasteiger partial charge in [0.25, 0.3) is 0 Å². The van der Waals surface area contributed by atoms with Crippen LogP contribution >= 0.6 is 0 Å². The molecule has 0 bridgehead atoms. The maximum Gasteiger partial charge on any atom is 0.326 e. The number of aliphatic hydroxyl groups is 1. The molecule has 0 fully saturated rings. The summed E-state index contributed by atoms with van der Waals surface area (Å²) in [4.78, 5) is 61.5. The quantitative estimate of drug-likeness (QED) is 0.152. The van der Waals surface area contributed by atoms with Gasteiger partial charge in [0.2, 0.25) is 23.6 Å². The number of hydrogen-bond donors (Lipinski definition) is 7. The van der Waals surface area contributed by atoms with Gasteiger partial charge in [-0.15, -0.1) is 0 Å². The zero-order valence-corrected chi connectivity index (χ0v) is 20.8. The maximum atomic E-state index is 13.1. The van der Waals surface area contributed by atoms with Crippen molar-refractivity contribution in [3.8, 4) is 0 Å². The highest BCUT2D eigenvalue weighted by atomic mass is 16.4. The lowest BCUT2D eigenvalue weighted by atomic mass is 9.96. The number of amides is 4. The van der Waals surface area contributed by atoms with Gasteiger partial charge in [0.1, 0.15) is 24.2 Å². The van der Waals surface area contributed by atoms with Gasteiger partial charge in [0.15, 0.2) is 0 Å². The Kier molecular flexibility index (Phi) is 12.5. The first-order chi connectivity index (χ1) is 16.9. The minimum atomic E-state index is -1.32. The molecular weight excluding hydrogens is 470 g/mol. The predicted molar refractivity (Wildman–Crippen MR) is 131 cm³/mol. The summed E-state index contributed by atoms with van der Waals surface area (Å²) in [5.74, 6) is -4.65. The van der Waals surface area contributed by atoms with Gasteiger partial charge in [-0.3, -0.25) is 19.2 Å². The first kappa shape index (κ1) is 30.5. The molecule has 0 radical (unpaired) electrons. The van der Waals surface area contributed by atoms with Crippen molar-refractivity contribution in [2.75, 3.05) is 0 Å². The number of hydrogen-bond acceptors (Lipinski definition) is 7. The molecule has 0 spiro atoms. The summed E-state index contributed by atoms with van der Waals surface area (Å²) >= 11 is 0. The van der Waals surface area contributed by atoms with Gasteiger partial charge in [-0.05, 0) is 24.8 Å². The first-order valence-corrected chi connectivity index (χ1v) is 11.8. The number of rotatable bonds is 15. The lowest BCUT2D eigenvalue weighted by molar-refractivity contribution is -0.142. The Morgan fingerprint density at radius 2 is 1.50 bits per heavy atom. The third-order valence-electron chi connectivity index (χ3n) is 5.83. The molecule has 6 atom stereocenters. The van der Waals surface area contributed by atoms with Gasteiger partial charge in [-0.25, -0.2) is 4.79 Å². The Hall–Kier alpha value is -3.51. The SMILES string of the molecule is CCC(C)C(NC(=O)C(CCC(N)=O)NC(=O)C(N)C(C)O)C(=O)NC(Cc1ccccc1)C(=O)O. The molecule has 12 nitrogen and oxygen atoms in total. The highest BCUT2D eigenvalue weighted by Gasteiger charge is 2.33. The highest BCUT2D eigenvalue weighted by molar-refractivity contribution is 5.94. The van der Waals surface area contributed by atoms with Crippen molar-refractivity contribution in [1.82, 2.24) is 16.0 Å². The van der Waals surface area contributed by atoms with Crippen LogP contribution in [0.4, 0.5) is 0 Å². The molecule has 0 saturated carbocycles. The van der Waals surface area contributed by atoms with Gasteiger partial charge in [0, 0.05) is 12.8 Å². The van der Waals surface area contributed by atoms with Crippen LogP contribution in [0.2, 0.25) is 0 Å². The molecule has 200 valence electrons. The number of aliphatic carboxylic acids is 1. The summed E-state index contributed by atoms with van der Waals surface area (Å²) in [6, 6.07) is 3.81. The Balaban J connectivity index is 3.06. The number of nitrogens with two attached hydrogens (primary N) is 2. The molecule has 0 heterocycles. The minimum Gasteiger partial charge on any atom is -0.480 e. The van der Waals surface area contributed by atoms with Crippen LogP contribution in [-0.4, -0.2) is 70.1 Å². The Labute approximate surface area is 210 Å². The molecule has 1 aromatic rings. The average Bonchev–Trinajstić information content (AvgIpc) is 2.83. The second-order valence-electron chi connectivity index (χ2n) is 8.79. The molecule has 0 aliphatic rings. The normalized spacial score (nSPS) is 15.9. The fraction of sp³-hybridized carbons (Fsp3) is 0.542. The van der Waals surface area contributed by atoms with E-state index in [9.17, 15) is 34.2 Å². The number of primary amides is 1. The topological polar surface area (TPSA) is 214 Å². The number of carbonyl (C=O) groups is 5. The lowest BCUT2D eigenvalue weighted by Crippen LogP contribution is -2.59. The highest BCUT2D eigenvalue weighted by Crippen LogP contribution is 2.11. The van der Waals surface area contributed by atoms with Gasteiger partial charge < -0.3 is 37.6 Å². The standard InChI is InChI=1S/C24H37N5O7/c1-4-13(2)20(23(34)28-17(24(35)36)12-15-8-6-5-7-9-15)29-21(32)16(10-11-18(25)31)27-22(33)19(26)14(3)30/h5-9,13-14,16-17,19-20,30H,4,10-12,26H2,1-3H3,(H2,25,31)(H,27,33)(H,28,34)(H,29,32)(H,35,36). The molecule has 0 saturated heterocycles. The number of carboxylic acids is 1. The third kappa shape index (κ3) is 10.0. The summed E-state index contributed by atoms with van der Waals surface area (Å²) in [5.41, 5.74) is 11.5. The molecule has 4 amide bonds. The zero-order valence-electron chi connectivity index (χ0n) is 20.8. The van der Waals surface area contributed by atoms with E-state index in [1.165, 1.54) is 6.92 Å². The zero-order chi connectivity index (χ0) is 27.4. The number of aliphatic hydroxyl groups excluding tert-OH is 1. The van der Waals surface area contributed by atoms with Crippen molar-refractivity contribution < 1.29 is 34.2 Å². The molecule has 0 aliphatic carbocycles. The Bertz CT molecular complexity index is 909. The van der Waals surface area contributed by atoms with Gasteiger partial charge in [0.05, 0.1) is 6.10 Å². The van der Waals surface area contributed by atoms with Crippen LogP contribution in [0.1, 0.15) is 45.6 Å². The monoisotopic (exact) mass is 507 g/mol. The van der Waals surface area contributed by atoms with Gasteiger partial charge in [-0.1, -0.05) is 50.6 Å². The van der Waals surface area contributed by atoms with Crippen molar-refractivity contribution in [1.29, 1.82) is 0 Å². The summed E-state index contributed by atoms with van der Waals surface area (Å²) in [5, 5.41) is 26.6. The average molecular weight is 508 g/mol. The third-order valence-corrected chi connectivity index (χ3v) is 5.83. The Morgan fingerprint density at radius 1 is 0.917 bits per heavy atom. The lowest BCUT2D eigenvalue weighted by Gasteiger charge is -2.28. The number of carboxylic acid groups (broad SMARTS) is 1. The number of benzene rings is 1. The second kappa shape index (κ2) is 14.8. The van der Waals surface area contributed by atoms with E-state index in [1.807, 2.05) is 0 Å². The van der Waals surface area contributed by atoms with Crippen LogP contribution in [0.5, 0.6) is 0 Å². The van der Waals surface area contributed by atoms with E-state index >= 15 is 0 Å². The van der Waals surface area contributed by atoms with Crippen LogP contribution in [0.25, 0.3) is 0 Å². The summed E-state index contributed by atoms with van der Waals surface area (Å²) in [6.07, 6.45) is -1.08. The molecule has 0 aromatic heterocycles. The summed E-state index contributed by atoms with van der Waals surface area (Å²) in [7, 11) is 0. The largest absolute Gasteiger partial charge is 0.480 e. The van der Waals surface area contributed by atoms with Crippen molar-refractivity contribution in [3.63, 3.8) is 0 Å². The summed E-state index contributed by atoms with van der Waals surface area (Å²) in [6.45, 7) is 4.81. The molecule has 6 unspecified atom stereocenters. The van der Waals surface area contributed by atoms with Gasteiger partial charge >= 0.3 is 5.97 Å². The molecule has 1 rings (SSSR count). The van der Waals surface area contributed by atoms with E-state index in [4.69, 9.17) is 11.5 Å². The van der Waals surface area contributed by atoms with E-state index in [-0.39, 0.29) is 19.3 Å². The minimum absolute atomic E-state index is 0.0393. The van der Waals surface area contributed by atoms with Crippen LogP contribution in [0, 0.1) is 5.92 Å². The predicted octanol–water partition coefficient (Wildman–Crippen LogP) is -1.21. The van der Waals surface area contributed by atoms with Crippen molar-refractivity contribution in [3.05, 3.63) is 35.9 Å². The fourth-order valence-electron chi connectivity index (χ4n) is 3.31. The molecule has 36 heavy (non-hydrogen) atoms. The van der Waals surface area contributed by atoms with Gasteiger partial charge in [-0.2, -0.15) is 0 Å². The van der Waals surface area contributed by atoms with E-state index in [0.29, 0.717) is 12.0 Å². The van der Waals surface area contributed by atoms with Crippen LogP contribution in [0.3, 0.4) is 0 Å². The van der Waals surface area contributed by atoms with Crippen molar-refractivity contribution in [2.45, 2.75) is 76.7 Å². The van der Waals surface area contributed by atoms with Crippen molar-refractivity contribution >= 4 is 29.6 Å². The smallest absolute Gasteiger partial charge is 0.326 e. The molecule has 0 aliphatic heterocycles. The van der Waals surface area contributed by atoms with E-state index in [2.05, 4.69) is 16.0 Å². The molecule has 1 aromatic carbocycles. The van der Waals surface area contributed by atoms with E-state index in [0.717, 1.165) is 0 Å². The first-order valence-electron chi connectivity index (χ1n) is 11.8.